The van der Waals surface area contributed by atoms with E-state index in [0.29, 0.717) is 18.5 Å². The number of aryl methyl sites for hydroxylation is 2. The lowest BCUT2D eigenvalue weighted by Gasteiger charge is -2.35. The number of nitrogens with two attached hydrogens (primary N) is 1. The Balaban J connectivity index is 2.42. The molecule has 0 fully saturated rings. The molecular weight excluding hydrogens is 258 g/mol. The molecule has 1 aliphatic carbocycles. The van der Waals surface area contributed by atoms with E-state index in [4.69, 9.17) is 10.7 Å². The topological polar surface area (TPSA) is 42.2 Å². The maximum Gasteiger partial charge on any atom is 0.133 e. The van der Waals surface area contributed by atoms with E-state index < -0.39 is 0 Å². The minimum Gasteiger partial charge on any atom is -0.353 e. The summed E-state index contributed by atoms with van der Waals surface area (Å²) in [5.41, 5.74) is 9.99. The highest BCUT2D eigenvalue weighted by Gasteiger charge is 2.23. The monoisotopic (exact) mass is 289 g/mol. The van der Waals surface area contributed by atoms with Gasteiger partial charge in [-0.1, -0.05) is 27.7 Å². The molecule has 0 radical (unpaired) electrons. The van der Waals surface area contributed by atoms with Crippen molar-refractivity contribution in [1.29, 1.82) is 0 Å². The highest BCUT2D eigenvalue weighted by molar-refractivity contribution is 5.52. The summed E-state index contributed by atoms with van der Waals surface area (Å²) in [6.45, 7) is 10.8. The first-order valence-electron chi connectivity index (χ1n) is 8.59. The fourth-order valence-electron chi connectivity index (χ4n) is 3.44. The molecule has 3 heteroatoms. The van der Waals surface area contributed by atoms with E-state index in [1.165, 1.54) is 29.7 Å². The quantitative estimate of drug-likeness (QED) is 0.832. The molecule has 0 bridgehead atoms. The van der Waals surface area contributed by atoms with Crippen LogP contribution in [0.4, 0.5) is 5.82 Å². The molecule has 118 valence electrons. The van der Waals surface area contributed by atoms with Gasteiger partial charge in [-0.15, -0.1) is 0 Å². The number of hydrogen-bond donors (Lipinski definition) is 1. The minimum atomic E-state index is 0.560. The first kappa shape index (κ1) is 16.3. The number of fused-ring (bicyclic) bond motifs is 1. The summed E-state index contributed by atoms with van der Waals surface area (Å²) in [7, 11) is 0. The Hall–Kier alpha value is -1.09. The van der Waals surface area contributed by atoms with Crippen molar-refractivity contribution in [1.82, 2.24) is 4.98 Å². The minimum absolute atomic E-state index is 0.560. The van der Waals surface area contributed by atoms with E-state index in [-0.39, 0.29) is 0 Å². The third-order valence-electron chi connectivity index (χ3n) is 4.54. The SMILES string of the molecule is CCC(CC)N(CC(C)C)c1nc2c(cc1CN)CCC2. The Morgan fingerprint density at radius 1 is 1.24 bits per heavy atom. The van der Waals surface area contributed by atoms with Gasteiger partial charge in [0.1, 0.15) is 5.82 Å². The van der Waals surface area contributed by atoms with Crippen LogP contribution in [0.2, 0.25) is 0 Å². The maximum absolute atomic E-state index is 6.03. The predicted molar refractivity (Wildman–Crippen MR) is 90.7 cm³/mol. The molecule has 0 spiro atoms. The Labute approximate surface area is 129 Å². The fraction of sp³-hybridized carbons (Fsp3) is 0.722. The number of rotatable bonds is 7. The van der Waals surface area contributed by atoms with Crippen LogP contribution in [-0.4, -0.2) is 17.6 Å². The summed E-state index contributed by atoms with van der Waals surface area (Å²) in [4.78, 5) is 7.56. The van der Waals surface area contributed by atoms with E-state index in [1.807, 2.05) is 0 Å². The van der Waals surface area contributed by atoms with Crippen molar-refractivity contribution < 1.29 is 0 Å². The van der Waals surface area contributed by atoms with E-state index >= 15 is 0 Å². The zero-order valence-corrected chi connectivity index (χ0v) is 14.2. The van der Waals surface area contributed by atoms with Crippen molar-refractivity contribution in [3.05, 3.63) is 22.9 Å². The van der Waals surface area contributed by atoms with Gasteiger partial charge in [0.25, 0.3) is 0 Å². The molecule has 1 heterocycles. The summed E-state index contributed by atoms with van der Waals surface area (Å²) in [6, 6.07) is 2.88. The van der Waals surface area contributed by atoms with Crippen LogP contribution in [0.15, 0.2) is 6.07 Å². The van der Waals surface area contributed by atoms with Crippen LogP contribution in [0.1, 0.15) is 63.8 Å². The van der Waals surface area contributed by atoms with Gasteiger partial charge in [-0.2, -0.15) is 0 Å². The van der Waals surface area contributed by atoms with Gasteiger partial charge >= 0.3 is 0 Å². The van der Waals surface area contributed by atoms with Gasteiger partial charge in [-0.25, -0.2) is 4.98 Å². The molecular formula is C18H31N3. The van der Waals surface area contributed by atoms with Crippen molar-refractivity contribution in [3.63, 3.8) is 0 Å². The van der Waals surface area contributed by atoms with Gasteiger partial charge in [-0.05, 0) is 49.7 Å². The van der Waals surface area contributed by atoms with E-state index in [2.05, 4.69) is 38.7 Å². The average molecular weight is 289 g/mol. The number of aromatic nitrogens is 1. The van der Waals surface area contributed by atoms with E-state index in [0.717, 1.165) is 31.6 Å². The van der Waals surface area contributed by atoms with E-state index in [1.54, 1.807) is 0 Å². The average Bonchev–Trinajstić information content (AvgIpc) is 2.92. The van der Waals surface area contributed by atoms with Gasteiger partial charge in [-0.3, -0.25) is 0 Å². The van der Waals surface area contributed by atoms with Crippen molar-refractivity contribution in [2.75, 3.05) is 11.4 Å². The molecule has 2 rings (SSSR count). The Kier molecular flexibility index (Phi) is 5.63. The zero-order chi connectivity index (χ0) is 15.4. The Morgan fingerprint density at radius 2 is 1.95 bits per heavy atom. The van der Waals surface area contributed by atoms with Gasteiger partial charge in [0.2, 0.25) is 0 Å². The number of nitrogens with zero attached hydrogens (tertiary/aromatic N) is 2. The normalized spacial score (nSPS) is 14.0. The Morgan fingerprint density at radius 3 is 2.52 bits per heavy atom. The summed E-state index contributed by atoms with van der Waals surface area (Å²) < 4.78 is 0. The lowest BCUT2D eigenvalue weighted by molar-refractivity contribution is 0.501. The molecule has 2 N–H and O–H groups in total. The van der Waals surface area contributed by atoms with Gasteiger partial charge in [0, 0.05) is 30.4 Å². The summed E-state index contributed by atoms with van der Waals surface area (Å²) in [6.07, 6.45) is 5.86. The molecule has 0 amide bonds. The largest absolute Gasteiger partial charge is 0.353 e. The first-order valence-corrected chi connectivity index (χ1v) is 8.59. The van der Waals surface area contributed by atoms with Crippen LogP contribution >= 0.6 is 0 Å². The standard InChI is InChI=1S/C18H31N3/c1-5-16(6-2)21(12-13(3)4)18-15(11-19)10-14-8-7-9-17(14)20-18/h10,13,16H,5-9,11-12,19H2,1-4H3. The van der Waals surface area contributed by atoms with Crippen LogP contribution < -0.4 is 10.6 Å². The molecule has 0 saturated carbocycles. The molecule has 0 saturated heterocycles. The summed E-state index contributed by atoms with van der Waals surface area (Å²) in [5, 5.41) is 0. The van der Waals surface area contributed by atoms with Gasteiger partial charge in [0.15, 0.2) is 0 Å². The van der Waals surface area contributed by atoms with Crippen LogP contribution in [0.3, 0.4) is 0 Å². The van der Waals surface area contributed by atoms with Crippen molar-refractivity contribution in [2.24, 2.45) is 11.7 Å². The van der Waals surface area contributed by atoms with Crippen LogP contribution in [0.25, 0.3) is 0 Å². The zero-order valence-electron chi connectivity index (χ0n) is 14.2. The molecule has 0 unspecified atom stereocenters. The Bertz CT molecular complexity index is 464. The van der Waals surface area contributed by atoms with Crippen molar-refractivity contribution in [2.45, 2.75) is 72.4 Å². The number of anilines is 1. The highest BCUT2D eigenvalue weighted by atomic mass is 15.2. The fourth-order valence-corrected chi connectivity index (χ4v) is 3.44. The molecule has 0 atom stereocenters. The molecule has 1 aromatic rings. The van der Waals surface area contributed by atoms with Crippen LogP contribution in [0.5, 0.6) is 0 Å². The highest BCUT2D eigenvalue weighted by Crippen LogP contribution is 2.30. The number of pyridine rings is 1. The third kappa shape index (κ3) is 3.57. The van der Waals surface area contributed by atoms with Gasteiger partial charge in [0.05, 0.1) is 0 Å². The van der Waals surface area contributed by atoms with Crippen LogP contribution in [-0.2, 0) is 19.4 Å². The summed E-state index contributed by atoms with van der Waals surface area (Å²) in [5.74, 6) is 1.78. The lowest BCUT2D eigenvalue weighted by atomic mass is 10.0. The smallest absolute Gasteiger partial charge is 0.133 e. The molecule has 1 aliphatic rings. The molecule has 0 aromatic carbocycles. The van der Waals surface area contributed by atoms with Crippen LogP contribution in [0, 0.1) is 5.92 Å². The molecule has 21 heavy (non-hydrogen) atoms. The lowest BCUT2D eigenvalue weighted by Crippen LogP contribution is -2.39. The predicted octanol–water partition coefficient (Wildman–Crippen LogP) is 3.68. The molecule has 3 nitrogen and oxygen atoms in total. The van der Waals surface area contributed by atoms with Crippen molar-refractivity contribution in [3.8, 4) is 0 Å². The van der Waals surface area contributed by atoms with Gasteiger partial charge < -0.3 is 10.6 Å². The second kappa shape index (κ2) is 7.26. The first-order chi connectivity index (χ1) is 10.1. The summed E-state index contributed by atoms with van der Waals surface area (Å²) >= 11 is 0. The third-order valence-corrected chi connectivity index (χ3v) is 4.54. The second-order valence-corrected chi connectivity index (χ2v) is 6.65. The number of hydrogen-bond acceptors (Lipinski definition) is 3. The molecule has 0 aliphatic heterocycles. The molecule has 1 aromatic heterocycles. The van der Waals surface area contributed by atoms with E-state index in [9.17, 15) is 0 Å². The van der Waals surface area contributed by atoms with Crippen molar-refractivity contribution >= 4 is 5.82 Å². The maximum atomic E-state index is 6.03. The second-order valence-electron chi connectivity index (χ2n) is 6.65.